The number of anilines is 1. The summed E-state index contributed by atoms with van der Waals surface area (Å²) in [5, 5.41) is 2.83. The number of urea groups is 1. The van der Waals surface area contributed by atoms with Crippen molar-refractivity contribution in [3.8, 4) is 18.1 Å². The van der Waals surface area contributed by atoms with E-state index in [0.717, 1.165) is 4.90 Å². The lowest BCUT2D eigenvalue weighted by Gasteiger charge is -2.26. The number of benzene rings is 2. The minimum Gasteiger partial charge on any atom is -0.479 e. The van der Waals surface area contributed by atoms with Crippen LogP contribution < -0.4 is 15.0 Å². The molecule has 1 saturated heterocycles. The van der Waals surface area contributed by atoms with Crippen LogP contribution in [0.3, 0.4) is 0 Å². The average Bonchev–Trinajstić information content (AvgIpc) is 2.67. The Morgan fingerprint density at radius 2 is 1.77 bits per heavy atom. The third-order valence-corrected chi connectivity index (χ3v) is 5.14. The zero-order valence-electron chi connectivity index (χ0n) is 14.8. The van der Waals surface area contributed by atoms with Gasteiger partial charge in [-0.3, -0.25) is 14.9 Å². The lowest BCUT2D eigenvalue weighted by molar-refractivity contribution is -0.122. The first-order valence-electron chi connectivity index (χ1n) is 8.14. The summed E-state index contributed by atoms with van der Waals surface area (Å²) in [6.07, 6.45) is 6.42. The SMILES string of the molecule is C#CCOc1c(Cl)cc(Cl)cc1/C=C1\C(=O)NC(=O)N(c2ccc(Cl)c(Cl)c2)C1=O. The number of rotatable bonds is 4. The molecule has 1 heterocycles. The number of hydrogen-bond donors (Lipinski definition) is 1. The van der Waals surface area contributed by atoms with Gasteiger partial charge in [0.05, 0.1) is 20.8 Å². The first-order chi connectivity index (χ1) is 14.2. The Labute approximate surface area is 191 Å². The summed E-state index contributed by atoms with van der Waals surface area (Å²) in [5.41, 5.74) is -0.00696. The Balaban J connectivity index is 2.09. The van der Waals surface area contributed by atoms with Crippen molar-refractivity contribution < 1.29 is 19.1 Å². The first-order valence-corrected chi connectivity index (χ1v) is 9.66. The molecule has 3 rings (SSSR count). The number of carbonyl (C=O) groups is 3. The molecule has 0 saturated carbocycles. The Morgan fingerprint density at radius 3 is 2.43 bits per heavy atom. The zero-order chi connectivity index (χ0) is 22.0. The summed E-state index contributed by atoms with van der Waals surface area (Å²) in [6.45, 7) is -0.106. The van der Waals surface area contributed by atoms with Gasteiger partial charge in [0.2, 0.25) is 0 Å². The molecule has 1 aliphatic rings. The predicted molar refractivity (Wildman–Crippen MR) is 116 cm³/mol. The summed E-state index contributed by atoms with van der Waals surface area (Å²) in [5.74, 6) is 0.633. The highest BCUT2D eigenvalue weighted by molar-refractivity contribution is 6.43. The Morgan fingerprint density at radius 1 is 1.03 bits per heavy atom. The van der Waals surface area contributed by atoms with E-state index in [9.17, 15) is 14.4 Å². The van der Waals surface area contributed by atoms with Crippen molar-refractivity contribution in [2.24, 2.45) is 0 Å². The van der Waals surface area contributed by atoms with Gasteiger partial charge in [0.25, 0.3) is 11.8 Å². The molecule has 2 aromatic carbocycles. The topological polar surface area (TPSA) is 75.7 Å². The van der Waals surface area contributed by atoms with E-state index in [0.29, 0.717) is 0 Å². The molecule has 0 unspecified atom stereocenters. The molecule has 1 aliphatic heterocycles. The van der Waals surface area contributed by atoms with E-state index in [1.807, 2.05) is 0 Å². The predicted octanol–water partition coefficient (Wildman–Crippen LogP) is 4.98. The smallest absolute Gasteiger partial charge is 0.335 e. The van der Waals surface area contributed by atoms with Gasteiger partial charge in [0.15, 0.2) is 0 Å². The van der Waals surface area contributed by atoms with Gasteiger partial charge in [-0.05, 0) is 36.4 Å². The van der Waals surface area contributed by atoms with Crippen molar-refractivity contribution >= 4 is 76.0 Å². The van der Waals surface area contributed by atoms with E-state index in [4.69, 9.17) is 57.6 Å². The molecule has 0 bridgehead atoms. The highest BCUT2D eigenvalue weighted by Crippen LogP contribution is 2.35. The normalized spacial score (nSPS) is 15.2. The third-order valence-electron chi connectivity index (χ3n) is 3.90. The largest absolute Gasteiger partial charge is 0.479 e. The quantitative estimate of drug-likeness (QED) is 0.378. The number of amides is 4. The number of terminal acetylenes is 1. The molecule has 0 aliphatic carbocycles. The number of imide groups is 2. The van der Waals surface area contributed by atoms with Crippen LogP contribution in [-0.2, 0) is 9.59 Å². The van der Waals surface area contributed by atoms with E-state index < -0.39 is 17.8 Å². The molecule has 152 valence electrons. The second-order valence-corrected chi connectivity index (χ2v) is 7.51. The van der Waals surface area contributed by atoms with Gasteiger partial charge in [0, 0.05) is 10.6 Å². The number of barbiturate groups is 1. The molecule has 0 spiro atoms. The van der Waals surface area contributed by atoms with Crippen LogP contribution >= 0.6 is 46.4 Å². The van der Waals surface area contributed by atoms with Crippen LogP contribution in [0.5, 0.6) is 5.75 Å². The zero-order valence-corrected chi connectivity index (χ0v) is 17.9. The van der Waals surface area contributed by atoms with Gasteiger partial charge < -0.3 is 4.74 Å². The summed E-state index contributed by atoms with van der Waals surface area (Å²) < 4.78 is 5.42. The second kappa shape index (κ2) is 8.99. The van der Waals surface area contributed by atoms with Crippen molar-refractivity contribution in [2.75, 3.05) is 11.5 Å². The fourth-order valence-electron chi connectivity index (χ4n) is 2.63. The third kappa shape index (κ3) is 4.40. The summed E-state index contributed by atoms with van der Waals surface area (Å²) >= 11 is 24.1. The maximum Gasteiger partial charge on any atom is 0.335 e. The maximum absolute atomic E-state index is 13.0. The van der Waals surface area contributed by atoms with Gasteiger partial charge >= 0.3 is 6.03 Å². The molecule has 0 aromatic heterocycles. The summed E-state index contributed by atoms with van der Waals surface area (Å²) in [7, 11) is 0. The van der Waals surface area contributed by atoms with Crippen molar-refractivity contribution in [1.82, 2.24) is 5.32 Å². The van der Waals surface area contributed by atoms with Crippen LogP contribution in [-0.4, -0.2) is 24.5 Å². The Kier molecular flexibility index (Phi) is 6.59. The molecule has 4 amide bonds. The maximum atomic E-state index is 13.0. The van der Waals surface area contributed by atoms with Crippen molar-refractivity contribution in [3.63, 3.8) is 0 Å². The highest BCUT2D eigenvalue weighted by Gasteiger charge is 2.37. The lowest BCUT2D eigenvalue weighted by Crippen LogP contribution is -2.54. The standard InChI is InChI=1S/C20H10Cl4N2O4/c1-2-5-30-17-10(6-11(21)8-16(17)24)7-13-18(27)25-20(29)26(19(13)28)12-3-4-14(22)15(23)9-12/h1,3-4,6-9H,5H2,(H,25,27,29)/b13-7+. The first kappa shape index (κ1) is 22.0. The van der Waals surface area contributed by atoms with Crippen LogP contribution in [0.2, 0.25) is 20.1 Å². The molecule has 1 N–H and O–H groups in total. The lowest BCUT2D eigenvalue weighted by atomic mass is 10.1. The number of carbonyl (C=O) groups excluding carboxylic acids is 3. The number of nitrogens with one attached hydrogen (secondary N) is 1. The fourth-order valence-corrected chi connectivity index (χ4v) is 3.48. The van der Waals surface area contributed by atoms with E-state index in [-0.39, 0.29) is 49.3 Å². The monoisotopic (exact) mass is 482 g/mol. The molecule has 30 heavy (non-hydrogen) atoms. The van der Waals surface area contributed by atoms with E-state index in [1.54, 1.807) is 0 Å². The number of hydrogen-bond acceptors (Lipinski definition) is 4. The van der Waals surface area contributed by atoms with Crippen molar-refractivity contribution in [3.05, 3.63) is 61.6 Å². The van der Waals surface area contributed by atoms with Crippen LogP contribution in [0, 0.1) is 12.3 Å². The minimum atomic E-state index is -0.937. The molecule has 6 nitrogen and oxygen atoms in total. The van der Waals surface area contributed by atoms with Crippen molar-refractivity contribution in [1.29, 1.82) is 0 Å². The molecular weight excluding hydrogens is 474 g/mol. The van der Waals surface area contributed by atoms with Crippen LogP contribution in [0.4, 0.5) is 10.5 Å². The highest BCUT2D eigenvalue weighted by atomic mass is 35.5. The number of nitrogens with zero attached hydrogens (tertiary/aromatic N) is 1. The molecule has 1 fully saturated rings. The summed E-state index contributed by atoms with van der Waals surface area (Å²) in [4.78, 5) is 38.4. The van der Waals surface area contributed by atoms with Crippen LogP contribution in [0.1, 0.15) is 5.56 Å². The van der Waals surface area contributed by atoms with Gasteiger partial charge in [-0.1, -0.05) is 52.3 Å². The van der Waals surface area contributed by atoms with Gasteiger partial charge in [-0.2, -0.15) is 0 Å². The van der Waals surface area contributed by atoms with E-state index >= 15 is 0 Å². The molecule has 2 aromatic rings. The minimum absolute atomic E-state index is 0.106. The molecule has 0 radical (unpaired) electrons. The molecule has 10 heteroatoms. The van der Waals surface area contributed by atoms with Gasteiger partial charge in [-0.15, -0.1) is 6.42 Å². The average molecular weight is 484 g/mol. The van der Waals surface area contributed by atoms with E-state index in [2.05, 4.69) is 11.2 Å². The van der Waals surface area contributed by atoms with Gasteiger partial charge in [0.1, 0.15) is 17.9 Å². The summed E-state index contributed by atoms with van der Waals surface area (Å²) in [6, 6.07) is 6.08. The van der Waals surface area contributed by atoms with Crippen LogP contribution in [0.25, 0.3) is 6.08 Å². The number of ether oxygens (including phenoxy) is 1. The molecular formula is C20H10Cl4N2O4. The second-order valence-electron chi connectivity index (χ2n) is 5.86. The van der Waals surface area contributed by atoms with Gasteiger partial charge in [-0.25, -0.2) is 9.69 Å². The number of halogens is 4. The van der Waals surface area contributed by atoms with Crippen molar-refractivity contribution in [2.45, 2.75) is 0 Å². The van der Waals surface area contributed by atoms with E-state index in [1.165, 1.54) is 36.4 Å². The Bertz CT molecular complexity index is 1150. The fraction of sp³-hybridized carbons (Fsp3) is 0.0500. The molecule has 0 atom stereocenters. The Hall–Kier alpha value is -2.69. The van der Waals surface area contributed by atoms with Crippen LogP contribution in [0.15, 0.2) is 35.9 Å².